The Balaban J connectivity index is 2.30. The van der Waals surface area contributed by atoms with E-state index in [9.17, 15) is 9.18 Å². The normalized spacial score (nSPS) is 10.2. The third-order valence-electron chi connectivity index (χ3n) is 2.28. The van der Waals surface area contributed by atoms with Crippen LogP contribution in [-0.2, 0) is 4.79 Å². The van der Waals surface area contributed by atoms with Crippen molar-refractivity contribution in [2.75, 3.05) is 6.61 Å². The van der Waals surface area contributed by atoms with Crippen LogP contribution in [0.2, 0.25) is 0 Å². The second-order valence-corrected chi connectivity index (χ2v) is 3.86. The molecule has 1 heterocycles. The van der Waals surface area contributed by atoms with Gasteiger partial charge in [0.2, 0.25) is 5.88 Å². The highest BCUT2D eigenvalue weighted by Gasteiger charge is 2.07. The monoisotopic (exact) mass is 262 g/mol. The molecule has 6 heteroatoms. The Morgan fingerprint density at radius 1 is 1.32 bits per heavy atom. The molecule has 0 saturated heterocycles. The van der Waals surface area contributed by atoms with Gasteiger partial charge < -0.3 is 9.84 Å². The average molecular weight is 262 g/mol. The van der Waals surface area contributed by atoms with Crippen molar-refractivity contribution >= 4 is 5.97 Å². The number of carboxylic acid groups (broad SMARTS) is 1. The molecule has 2 aromatic rings. The predicted molar refractivity (Wildman–Crippen MR) is 65.3 cm³/mol. The van der Waals surface area contributed by atoms with E-state index in [1.165, 1.54) is 18.2 Å². The number of carboxylic acids is 1. The quantitative estimate of drug-likeness (QED) is 0.913. The highest BCUT2D eigenvalue weighted by atomic mass is 19.1. The van der Waals surface area contributed by atoms with E-state index in [0.29, 0.717) is 17.1 Å². The maximum atomic E-state index is 12.8. The molecule has 1 aromatic heterocycles. The molecule has 0 saturated carbocycles. The lowest BCUT2D eigenvalue weighted by Crippen LogP contribution is -2.11. The number of halogens is 1. The van der Waals surface area contributed by atoms with Gasteiger partial charge in [-0.1, -0.05) is 0 Å². The van der Waals surface area contributed by atoms with E-state index in [2.05, 4.69) is 9.97 Å². The summed E-state index contributed by atoms with van der Waals surface area (Å²) in [6.45, 7) is 1.27. The SMILES string of the molecule is Cc1cc(OCC(=O)O)nc(-c2ccc(F)cc2)n1. The number of carbonyl (C=O) groups is 1. The molecular weight excluding hydrogens is 251 g/mol. The number of hydrogen-bond acceptors (Lipinski definition) is 4. The van der Waals surface area contributed by atoms with Gasteiger partial charge in [-0.25, -0.2) is 14.2 Å². The summed E-state index contributed by atoms with van der Waals surface area (Å²) in [7, 11) is 0. The molecule has 1 N–H and O–H groups in total. The third-order valence-corrected chi connectivity index (χ3v) is 2.28. The zero-order chi connectivity index (χ0) is 13.8. The van der Waals surface area contributed by atoms with E-state index in [0.717, 1.165) is 0 Å². The molecule has 0 aliphatic carbocycles. The van der Waals surface area contributed by atoms with Crippen molar-refractivity contribution in [2.24, 2.45) is 0 Å². The van der Waals surface area contributed by atoms with Crippen LogP contribution in [0.3, 0.4) is 0 Å². The first-order valence-electron chi connectivity index (χ1n) is 5.51. The first-order valence-corrected chi connectivity index (χ1v) is 5.51. The Bertz CT molecular complexity index is 599. The fourth-order valence-electron chi connectivity index (χ4n) is 1.48. The van der Waals surface area contributed by atoms with Crippen LogP contribution in [0.5, 0.6) is 5.88 Å². The minimum Gasteiger partial charge on any atom is -0.479 e. The maximum absolute atomic E-state index is 12.8. The van der Waals surface area contributed by atoms with Gasteiger partial charge in [0.15, 0.2) is 12.4 Å². The molecule has 0 atom stereocenters. The second kappa shape index (κ2) is 5.43. The number of ether oxygens (including phenoxy) is 1. The summed E-state index contributed by atoms with van der Waals surface area (Å²) in [5.41, 5.74) is 1.26. The van der Waals surface area contributed by atoms with E-state index < -0.39 is 12.6 Å². The van der Waals surface area contributed by atoms with E-state index in [1.54, 1.807) is 19.1 Å². The lowest BCUT2D eigenvalue weighted by atomic mass is 10.2. The number of benzene rings is 1. The van der Waals surface area contributed by atoms with Crippen LogP contribution < -0.4 is 4.74 Å². The zero-order valence-corrected chi connectivity index (χ0v) is 10.1. The molecule has 0 aliphatic rings. The summed E-state index contributed by atoms with van der Waals surface area (Å²) < 4.78 is 17.8. The van der Waals surface area contributed by atoms with E-state index in [1.807, 2.05) is 0 Å². The molecule has 5 nitrogen and oxygen atoms in total. The van der Waals surface area contributed by atoms with E-state index in [4.69, 9.17) is 9.84 Å². The van der Waals surface area contributed by atoms with Crippen LogP contribution in [0, 0.1) is 12.7 Å². The number of nitrogens with zero attached hydrogens (tertiary/aromatic N) is 2. The summed E-state index contributed by atoms with van der Waals surface area (Å²) in [6.07, 6.45) is 0. The van der Waals surface area contributed by atoms with Gasteiger partial charge in [0.05, 0.1) is 0 Å². The molecule has 98 valence electrons. The van der Waals surface area contributed by atoms with Crippen molar-refractivity contribution in [3.63, 3.8) is 0 Å². The van der Waals surface area contributed by atoms with Crippen LogP contribution in [0.1, 0.15) is 5.69 Å². The Hall–Kier alpha value is -2.50. The molecule has 2 rings (SSSR count). The minimum absolute atomic E-state index is 0.175. The highest BCUT2D eigenvalue weighted by molar-refractivity contribution is 5.68. The first kappa shape index (κ1) is 12.9. The number of aromatic nitrogens is 2. The number of aryl methyl sites for hydroxylation is 1. The minimum atomic E-state index is -1.08. The van der Waals surface area contributed by atoms with Gasteiger partial charge in [-0.05, 0) is 31.2 Å². The fourth-order valence-corrected chi connectivity index (χ4v) is 1.48. The molecule has 0 amide bonds. The van der Waals surface area contributed by atoms with Crippen LogP contribution >= 0.6 is 0 Å². The standard InChI is InChI=1S/C13H11FN2O3/c1-8-6-11(19-7-12(17)18)16-13(15-8)9-2-4-10(14)5-3-9/h2-6H,7H2,1H3,(H,17,18). The van der Waals surface area contributed by atoms with Gasteiger partial charge in [-0.15, -0.1) is 0 Å². The number of rotatable bonds is 4. The van der Waals surface area contributed by atoms with Gasteiger partial charge in [0.1, 0.15) is 5.82 Å². The van der Waals surface area contributed by atoms with Crippen molar-refractivity contribution in [3.05, 3.63) is 41.8 Å². The summed E-state index contributed by atoms with van der Waals surface area (Å²) >= 11 is 0. The van der Waals surface area contributed by atoms with Crippen molar-refractivity contribution in [1.29, 1.82) is 0 Å². The topological polar surface area (TPSA) is 72.3 Å². The molecule has 1 aromatic carbocycles. The van der Waals surface area contributed by atoms with Crippen molar-refractivity contribution in [3.8, 4) is 17.3 Å². The van der Waals surface area contributed by atoms with Crippen molar-refractivity contribution < 1.29 is 19.0 Å². The Labute approximate surface area is 108 Å². The van der Waals surface area contributed by atoms with Gasteiger partial charge in [0.25, 0.3) is 0 Å². The Kier molecular flexibility index (Phi) is 3.70. The lowest BCUT2D eigenvalue weighted by molar-refractivity contribution is -0.139. The van der Waals surface area contributed by atoms with Gasteiger partial charge in [0, 0.05) is 17.3 Å². The predicted octanol–water partition coefficient (Wildman–Crippen LogP) is 2.05. The fraction of sp³-hybridized carbons (Fsp3) is 0.154. The summed E-state index contributed by atoms with van der Waals surface area (Å²) in [5.74, 6) is -0.895. The summed E-state index contributed by atoms with van der Waals surface area (Å²) in [5, 5.41) is 8.55. The van der Waals surface area contributed by atoms with Crippen molar-refractivity contribution in [1.82, 2.24) is 9.97 Å². The smallest absolute Gasteiger partial charge is 0.341 e. The van der Waals surface area contributed by atoms with Crippen LogP contribution in [0.25, 0.3) is 11.4 Å². The largest absolute Gasteiger partial charge is 0.479 e. The van der Waals surface area contributed by atoms with Gasteiger partial charge >= 0.3 is 5.97 Å². The van der Waals surface area contributed by atoms with Crippen molar-refractivity contribution in [2.45, 2.75) is 6.92 Å². The van der Waals surface area contributed by atoms with Crippen LogP contribution in [-0.4, -0.2) is 27.7 Å². The molecule has 0 aliphatic heterocycles. The second-order valence-electron chi connectivity index (χ2n) is 3.86. The highest BCUT2D eigenvalue weighted by Crippen LogP contribution is 2.19. The molecule has 0 radical (unpaired) electrons. The average Bonchev–Trinajstić information content (AvgIpc) is 2.36. The van der Waals surface area contributed by atoms with Gasteiger partial charge in [-0.3, -0.25) is 0 Å². The first-order chi connectivity index (χ1) is 9.04. The molecule has 0 fully saturated rings. The van der Waals surface area contributed by atoms with Crippen LogP contribution in [0.15, 0.2) is 30.3 Å². The molecule has 19 heavy (non-hydrogen) atoms. The number of aliphatic carboxylic acids is 1. The maximum Gasteiger partial charge on any atom is 0.341 e. The summed E-state index contributed by atoms with van der Waals surface area (Å²) in [4.78, 5) is 18.7. The zero-order valence-electron chi connectivity index (χ0n) is 10.1. The Morgan fingerprint density at radius 2 is 2.00 bits per heavy atom. The molecular formula is C13H11FN2O3. The van der Waals surface area contributed by atoms with E-state index in [-0.39, 0.29) is 11.7 Å². The van der Waals surface area contributed by atoms with Crippen LogP contribution in [0.4, 0.5) is 4.39 Å². The lowest BCUT2D eigenvalue weighted by Gasteiger charge is -2.06. The Morgan fingerprint density at radius 3 is 2.63 bits per heavy atom. The molecule has 0 unspecified atom stereocenters. The molecule has 0 spiro atoms. The molecule has 0 bridgehead atoms. The summed E-state index contributed by atoms with van der Waals surface area (Å²) in [6, 6.07) is 7.24. The van der Waals surface area contributed by atoms with Gasteiger partial charge in [-0.2, -0.15) is 4.98 Å². The number of hydrogen-bond donors (Lipinski definition) is 1. The third kappa shape index (κ3) is 3.48. The van der Waals surface area contributed by atoms with E-state index >= 15 is 0 Å².